The molecule has 0 unspecified atom stereocenters. The van der Waals surface area contributed by atoms with Crippen LogP contribution in [0.25, 0.3) is 0 Å². The molecule has 1 amide bonds. The summed E-state index contributed by atoms with van der Waals surface area (Å²) >= 11 is 0. The fourth-order valence-electron chi connectivity index (χ4n) is 5.83. The van der Waals surface area contributed by atoms with Crippen molar-refractivity contribution in [1.29, 1.82) is 0 Å². The maximum atomic E-state index is 13.6. The van der Waals surface area contributed by atoms with E-state index in [1.165, 1.54) is 4.31 Å². The zero-order chi connectivity index (χ0) is 32.8. The van der Waals surface area contributed by atoms with Crippen LogP contribution in [0.2, 0.25) is 0 Å². The molecular weight excluding hydrogens is 595 g/mol. The van der Waals surface area contributed by atoms with Gasteiger partial charge in [0, 0.05) is 38.3 Å². The van der Waals surface area contributed by atoms with E-state index in [2.05, 4.69) is 25.5 Å². The molecule has 0 atom stereocenters. The molecule has 1 aliphatic rings. The Morgan fingerprint density at radius 2 is 1.23 bits per heavy atom. The lowest BCUT2D eigenvalue weighted by molar-refractivity contribution is 0.0698. The van der Waals surface area contributed by atoms with Gasteiger partial charge in [-0.3, -0.25) is 4.79 Å². The smallest absolute Gasteiger partial charge is 0.253 e. The van der Waals surface area contributed by atoms with Gasteiger partial charge in [-0.05, 0) is 104 Å². The molecule has 238 valence electrons. The lowest BCUT2D eigenvalue weighted by atomic mass is 9.85. The molecule has 1 saturated heterocycles. The van der Waals surface area contributed by atoms with Gasteiger partial charge in [-0.2, -0.15) is 4.31 Å². The molecule has 4 rings (SSSR count). The molecule has 0 aromatic heterocycles. The molecule has 1 heterocycles. The number of nitrogens with zero attached hydrogens (tertiary/aromatic N) is 2. The number of hydrogen-bond acceptors (Lipinski definition) is 5. The average Bonchev–Trinajstić information content (AvgIpc) is 2.94. The van der Waals surface area contributed by atoms with Crippen LogP contribution in [0.1, 0.15) is 75.6 Å². The topological polar surface area (TPSA) is 104 Å². The van der Waals surface area contributed by atoms with Crippen molar-refractivity contribution in [2.75, 3.05) is 26.2 Å². The summed E-state index contributed by atoms with van der Waals surface area (Å²) in [5.41, 5.74) is 6.99. The normalized spacial score (nSPS) is 15.1. The predicted molar refractivity (Wildman–Crippen MR) is 175 cm³/mol. The fourth-order valence-corrected chi connectivity index (χ4v) is 9.30. The van der Waals surface area contributed by atoms with E-state index in [0.717, 1.165) is 44.5 Å². The minimum absolute atomic E-state index is 0.0883. The van der Waals surface area contributed by atoms with Gasteiger partial charge < -0.3 is 4.90 Å². The van der Waals surface area contributed by atoms with E-state index in [1.807, 2.05) is 59.7 Å². The summed E-state index contributed by atoms with van der Waals surface area (Å²) in [6.07, 6.45) is 0. The third-order valence-corrected chi connectivity index (χ3v) is 12.6. The maximum Gasteiger partial charge on any atom is 0.253 e. The number of hydrogen-bond donors (Lipinski definition) is 1. The number of rotatable bonds is 7. The van der Waals surface area contributed by atoms with Crippen molar-refractivity contribution >= 4 is 26.0 Å². The summed E-state index contributed by atoms with van der Waals surface area (Å²) in [6.45, 7) is 18.5. The number of sulfonamides is 2. The monoisotopic (exact) mass is 639 g/mol. The highest BCUT2D eigenvalue weighted by Gasteiger charge is 2.33. The molecule has 3 aromatic carbocycles. The van der Waals surface area contributed by atoms with Crippen LogP contribution in [-0.4, -0.2) is 58.1 Å². The molecule has 0 bridgehead atoms. The van der Waals surface area contributed by atoms with Gasteiger partial charge in [-0.25, -0.2) is 21.6 Å². The summed E-state index contributed by atoms with van der Waals surface area (Å²) < 4.78 is 57.8. The van der Waals surface area contributed by atoms with Crippen LogP contribution in [0.15, 0.2) is 52.3 Å². The van der Waals surface area contributed by atoms with Gasteiger partial charge in [0.25, 0.3) is 5.91 Å². The lowest BCUT2D eigenvalue weighted by Crippen LogP contribution is -2.50. The van der Waals surface area contributed by atoms with Crippen molar-refractivity contribution in [3.63, 3.8) is 0 Å². The van der Waals surface area contributed by atoms with E-state index < -0.39 is 20.0 Å². The van der Waals surface area contributed by atoms with Crippen molar-refractivity contribution in [3.05, 3.63) is 92.5 Å². The summed E-state index contributed by atoms with van der Waals surface area (Å²) in [4.78, 5) is 15.6. The summed E-state index contributed by atoms with van der Waals surface area (Å²) in [6, 6.07) is 12.8. The standard InChI is InChI=1S/C34H45N3O5S2/c1-22-18-23(2)27(6)32(26(22)5)43(39,40)35-21-28-10-12-29(13-11-28)33(38)36-14-16-37(17-15-36)44(41,42)31-24(3)19-30(20-25(31)4)34(7,8)9/h10-13,18-20,35H,14-17,21H2,1-9H3. The van der Waals surface area contributed by atoms with E-state index in [1.54, 1.807) is 29.2 Å². The molecule has 0 spiro atoms. The van der Waals surface area contributed by atoms with Gasteiger partial charge in [0.15, 0.2) is 0 Å². The molecule has 44 heavy (non-hydrogen) atoms. The number of carbonyl (C=O) groups excluding carboxylic acids is 1. The van der Waals surface area contributed by atoms with Gasteiger partial charge >= 0.3 is 0 Å². The van der Waals surface area contributed by atoms with Crippen LogP contribution in [0.3, 0.4) is 0 Å². The molecule has 0 radical (unpaired) electrons. The molecule has 3 aromatic rings. The molecule has 1 aliphatic heterocycles. The number of piperazine rings is 1. The Bertz CT molecular complexity index is 1750. The quantitative estimate of drug-likeness (QED) is 0.370. The largest absolute Gasteiger partial charge is 0.336 e. The average molecular weight is 640 g/mol. The van der Waals surface area contributed by atoms with Crippen LogP contribution in [0, 0.1) is 41.5 Å². The molecule has 1 fully saturated rings. The second-order valence-corrected chi connectivity index (χ2v) is 16.6. The SMILES string of the molecule is Cc1cc(C)c(C)c(S(=O)(=O)NCc2ccc(C(=O)N3CCN(S(=O)(=O)c4c(C)cc(C(C)(C)C)cc4C)CC3)cc2)c1C. The number of nitrogens with one attached hydrogen (secondary N) is 1. The molecule has 0 aliphatic carbocycles. The molecule has 1 N–H and O–H groups in total. The zero-order valence-corrected chi connectivity index (χ0v) is 29.0. The zero-order valence-electron chi connectivity index (χ0n) is 27.3. The van der Waals surface area contributed by atoms with Crippen molar-refractivity contribution < 1.29 is 21.6 Å². The third kappa shape index (κ3) is 6.78. The van der Waals surface area contributed by atoms with Gasteiger partial charge in [-0.1, -0.05) is 51.1 Å². The first-order valence-corrected chi connectivity index (χ1v) is 17.8. The molecule has 8 nitrogen and oxygen atoms in total. The highest BCUT2D eigenvalue weighted by molar-refractivity contribution is 7.89. The Hall–Kier alpha value is -3.05. The predicted octanol–water partition coefficient (Wildman–Crippen LogP) is 5.46. The van der Waals surface area contributed by atoms with Gasteiger partial charge in [0.2, 0.25) is 20.0 Å². The molecule has 10 heteroatoms. The lowest BCUT2D eigenvalue weighted by Gasteiger charge is -2.35. The first-order valence-electron chi connectivity index (χ1n) is 14.9. The van der Waals surface area contributed by atoms with Crippen molar-refractivity contribution in [3.8, 4) is 0 Å². The highest BCUT2D eigenvalue weighted by Crippen LogP contribution is 2.31. The van der Waals surface area contributed by atoms with E-state index in [9.17, 15) is 21.6 Å². The molecule has 0 saturated carbocycles. The van der Waals surface area contributed by atoms with E-state index >= 15 is 0 Å². The molecular formula is C34H45N3O5S2. The van der Waals surface area contributed by atoms with Crippen LogP contribution < -0.4 is 4.72 Å². The number of amides is 1. The maximum absolute atomic E-state index is 13.6. The second kappa shape index (κ2) is 12.4. The Morgan fingerprint density at radius 1 is 0.727 bits per heavy atom. The number of aryl methyl sites for hydroxylation is 4. The Kier molecular flexibility index (Phi) is 9.53. The van der Waals surface area contributed by atoms with Crippen LogP contribution in [0.5, 0.6) is 0 Å². The van der Waals surface area contributed by atoms with E-state index in [4.69, 9.17) is 0 Å². The van der Waals surface area contributed by atoms with Gasteiger partial charge in [-0.15, -0.1) is 0 Å². The third-order valence-electron chi connectivity index (χ3n) is 8.68. The fraction of sp³-hybridized carbons (Fsp3) is 0.441. The van der Waals surface area contributed by atoms with Crippen molar-refractivity contribution in [2.24, 2.45) is 0 Å². The second-order valence-electron chi connectivity index (χ2n) is 13.0. The number of carbonyl (C=O) groups is 1. The summed E-state index contributed by atoms with van der Waals surface area (Å²) in [7, 11) is -7.45. The minimum Gasteiger partial charge on any atom is -0.336 e. The summed E-state index contributed by atoms with van der Waals surface area (Å²) in [5, 5.41) is 0. The van der Waals surface area contributed by atoms with Crippen LogP contribution >= 0.6 is 0 Å². The van der Waals surface area contributed by atoms with E-state index in [0.29, 0.717) is 15.4 Å². The Morgan fingerprint density at radius 3 is 1.70 bits per heavy atom. The van der Waals surface area contributed by atoms with Crippen molar-refractivity contribution in [1.82, 2.24) is 13.9 Å². The summed E-state index contributed by atoms with van der Waals surface area (Å²) in [5.74, 6) is -0.183. The minimum atomic E-state index is -3.74. The number of benzene rings is 3. The first kappa shape index (κ1) is 33.8. The van der Waals surface area contributed by atoms with E-state index in [-0.39, 0.29) is 44.0 Å². The first-order chi connectivity index (χ1) is 20.3. The highest BCUT2D eigenvalue weighted by atomic mass is 32.2. The Labute approximate surface area is 263 Å². The van der Waals surface area contributed by atoms with Crippen LogP contribution in [-0.2, 0) is 32.0 Å². The Balaban J connectivity index is 1.40. The van der Waals surface area contributed by atoms with Gasteiger partial charge in [0.05, 0.1) is 9.79 Å². The van der Waals surface area contributed by atoms with Crippen LogP contribution in [0.4, 0.5) is 0 Å². The van der Waals surface area contributed by atoms with Crippen molar-refractivity contribution in [2.45, 2.75) is 84.1 Å². The van der Waals surface area contributed by atoms with Gasteiger partial charge in [0.1, 0.15) is 0 Å².